The lowest BCUT2D eigenvalue weighted by Crippen LogP contribution is -2.12. The zero-order valence-corrected chi connectivity index (χ0v) is 25.8. The maximum absolute atomic E-state index is 4.93. The van der Waals surface area contributed by atoms with Crippen molar-refractivity contribution < 1.29 is 0 Å². The molecule has 226 valence electrons. The second-order valence-electron chi connectivity index (χ2n) is 11.7. The predicted octanol–water partition coefficient (Wildman–Crippen LogP) is 10.8. The molecule has 0 unspecified atom stereocenters. The van der Waals surface area contributed by atoms with Gasteiger partial charge >= 0.3 is 0 Å². The topological polar surface area (TPSA) is 58.0 Å². The highest BCUT2D eigenvalue weighted by atomic mass is 15.2. The molecule has 9 rings (SSSR count). The first-order valence-corrected chi connectivity index (χ1v) is 15.9. The first-order valence-electron chi connectivity index (χ1n) is 15.9. The van der Waals surface area contributed by atoms with Crippen LogP contribution in [0.2, 0.25) is 0 Å². The Labute approximate surface area is 277 Å². The monoisotopic (exact) mass is 616 g/mol. The smallest absolute Gasteiger partial charge is 0.0966 e. The van der Waals surface area contributed by atoms with Crippen LogP contribution in [0.4, 0.5) is 34.1 Å². The molecule has 6 nitrogen and oxygen atoms in total. The summed E-state index contributed by atoms with van der Waals surface area (Å²) in [5, 5.41) is 4.24. The van der Waals surface area contributed by atoms with Crippen molar-refractivity contribution in [1.82, 2.24) is 19.9 Å². The highest BCUT2D eigenvalue weighted by Crippen LogP contribution is 2.40. The molecule has 0 amide bonds. The standard InChI is InChI=1S/C42H28N6/c1-3-11-33(12-4-1)47(37-25-31-17-15-29-9-7-23-43-39(29)41(31)45-27-37)35-19-21-36(22-20-35)48(34-13-5-2-6-14-34)38-26-32-18-16-30-10-8-24-44-40(30)42(32)46-28-38/h1-28H. The molecule has 0 spiro atoms. The fourth-order valence-corrected chi connectivity index (χ4v) is 6.49. The number of anilines is 6. The van der Waals surface area contributed by atoms with Crippen molar-refractivity contribution in [3.05, 3.63) is 170 Å². The van der Waals surface area contributed by atoms with Crippen molar-refractivity contribution in [3.8, 4) is 0 Å². The Morgan fingerprint density at radius 1 is 0.292 bits per heavy atom. The van der Waals surface area contributed by atoms with Gasteiger partial charge in [-0.2, -0.15) is 0 Å². The Hall–Kier alpha value is -6.66. The van der Waals surface area contributed by atoms with Crippen LogP contribution in [-0.2, 0) is 0 Å². The third-order valence-electron chi connectivity index (χ3n) is 8.73. The van der Waals surface area contributed by atoms with E-state index in [4.69, 9.17) is 9.97 Å². The molecule has 6 heteroatoms. The molecule has 0 N–H and O–H groups in total. The Morgan fingerprint density at radius 2 is 0.667 bits per heavy atom. The maximum atomic E-state index is 4.93. The molecule has 0 aliphatic rings. The summed E-state index contributed by atoms with van der Waals surface area (Å²) in [5.74, 6) is 0. The van der Waals surface area contributed by atoms with Crippen molar-refractivity contribution in [1.29, 1.82) is 0 Å². The number of rotatable bonds is 6. The lowest BCUT2D eigenvalue weighted by Gasteiger charge is -2.28. The van der Waals surface area contributed by atoms with E-state index < -0.39 is 0 Å². The number of hydrogen-bond acceptors (Lipinski definition) is 6. The fraction of sp³-hybridized carbons (Fsp3) is 0. The van der Waals surface area contributed by atoms with Gasteiger partial charge in [0.25, 0.3) is 0 Å². The zero-order chi connectivity index (χ0) is 31.9. The molecule has 0 radical (unpaired) electrons. The average molecular weight is 617 g/mol. The predicted molar refractivity (Wildman–Crippen MR) is 197 cm³/mol. The van der Waals surface area contributed by atoms with Gasteiger partial charge in [-0.1, -0.05) is 72.8 Å². The van der Waals surface area contributed by atoms with Gasteiger partial charge in [0.2, 0.25) is 0 Å². The molecular weight excluding hydrogens is 589 g/mol. The summed E-state index contributed by atoms with van der Waals surface area (Å²) >= 11 is 0. The Morgan fingerprint density at radius 3 is 1.10 bits per heavy atom. The van der Waals surface area contributed by atoms with Crippen LogP contribution in [0.5, 0.6) is 0 Å². The summed E-state index contributed by atoms with van der Waals surface area (Å²) in [5.41, 5.74) is 9.68. The minimum Gasteiger partial charge on any atom is -0.309 e. The quantitative estimate of drug-likeness (QED) is 0.173. The lowest BCUT2D eigenvalue weighted by atomic mass is 10.1. The molecule has 0 fully saturated rings. The number of para-hydroxylation sites is 2. The number of benzene rings is 5. The molecule has 0 bridgehead atoms. The number of pyridine rings is 4. The van der Waals surface area contributed by atoms with Crippen molar-refractivity contribution in [3.63, 3.8) is 0 Å². The van der Waals surface area contributed by atoms with Gasteiger partial charge in [-0.3, -0.25) is 19.9 Å². The Kier molecular flexibility index (Phi) is 6.68. The summed E-state index contributed by atoms with van der Waals surface area (Å²) in [6, 6.07) is 50.3. The molecule has 0 saturated carbocycles. The first kappa shape index (κ1) is 27.6. The van der Waals surface area contributed by atoms with E-state index in [2.05, 4.69) is 141 Å². The highest BCUT2D eigenvalue weighted by Gasteiger charge is 2.18. The van der Waals surface area contributed by atoms with Gasteiger partial charge in [0.1, 0.15) is 0 Å². The van der Waals surface area contributed by atoms with Gasteiger partial charge in [0.05, 0.1) is 45.8 Å². The number of nitrogens with zero attached hydrogens (tertiary/aromatic N) is 6. The van der Waals surface area contributed by atoms with Gasteiger partial charge in [-0.05, 0) is 72.8 Å². The largest absolute Gasteiger partial charge is 0.309 e. The third-order valence-corrected chi connectivity index (χ3v) is 8.73. The zero-order valence-electron chi connectivity index (χ0n) is 25.8. The van der Waals surface area contributed by atoms with Crippen LogP contribution in [0.1, 0.15) is 0 Å². The van der Waals surface area contributed by atoms with Gasteiger partial charge < -0.3 is 9.80 Å². The molecule has 48 heavy (non-hydrogen) atoms. The second kappa shape index (κ2) is 11.6. The highest BCUT2D eigenvalue weighted by molar-refractivity contribution is 6.05. The van der Waals surface area contributed by atoms with E-state index in [1.165, 1.54) is 0 Å². The number of hydrogen-bond donors (Lipinski definition) is 0. The lowest BCUT2D eigenvalue weighted by molar-refractivity contribution is 1.23. The second-order valence-corrected chi connectivity index (χ2v) is 11.7. The minimum atomic E-state index is 0.895. The maximum Gasteiger partial charge on any atom is 0.0966 e. The van der Waals surface area contributed by atoms with E-state index in [1.807, 2.05) is 49.1 Å². The van der Waals surface area contributed by atoms with Crippen LogP contribution >= 0.6 is 0 Å². The third kappa shape index (κ3) is 4.84. The first-order chi connectivity index (χ1) is 23.8. The van der Waals surface area contributed by atoms with Crippen molar-refractivity contribution in [2.45, 2.75) is 0 Å². The van der Waals surface area contributed by atoms with Gasteiger partial charge in [0, 0.05) is 56.7 Å². The normalized spacial score (nSPS) is 11.3. The summed E-state index contributed by atoms with van der Waals surface area (Å²) < 4.78 is 0. The molecule has 0 atom stereocenters. The minimum absolute atomic E-state index is 0.895. The van der Waals surface area contributed by atoms with Gasteiger partial charge in [0.15, 0.2) is 0 Å². The molecule has 4 heterocycles. The summed E-state index contributed by atoms with van der Waals surface area (Å²) in [7, 11) is 0. The summed E-state index contributed by atoms with van der Waals surface area (Å²) in [4.78, 5) is 23.6. The molecule has 9 aromatic rings. The van der Waals surface area contributed by atoms with E-state index >= 15 is 0 Å². The number of fused-ring (bicyclic) bond motifs is 6. The molecule has 0 saturated heterocycles. The van der Waals surface area contributed by atoms with E-state index in [-0.39, 0.29) is 0 Å². The Bertz CT molecular complexity index is 2390. The summed E-state index contributed by atoms with van der Waals surface area (Å²) in [6.45, 7) is 0. The van der Waals surface area contributed by atoms with E-state index in [1.54, 1.807) is 0 Å². The SMILES string of the molecule is c1ccc(N(c2ccc(N(c3ccccc3)c3cnc4c(ccc5cccnc54)c3)cc2)c2cnc3c(ccc4cccnc43)c2)cc1. The molecule has 5 aromatic carbocycles. The van der Waals surface area contributed by atoms with Gasteiger partial charge in [-0.15, -0.1) is 0 Å². The average Bonchev–Trinajstić information content (AvgIpc) is 3.16. The van der Waals surface area contributed by atoms with E-state index in [9.17, 15) is 0 Å². The van der Waals surface area contributed by atoms with Crippen LogP contribution in [-0.4, -0.2) is 19.9 Å². The number of aromatic nitrogens is 4. The van der Waals surface area contributed by atoms with Crippen LogP contribution in [0.15, 0.2) is 170 Å². The molecule has 0 aliphatic heterocycles. The van der Waals surface area contributed by atoms with Gasteiger partial charge in [-0.25, -0.2) is 0 Å². The fourth-order valence-electron chi connectivity index (χ4n) is 6.49. The van der Waals surface area contributed by atoms with Crippen molar-refractivity contribution >= 4 is 77.7 Å². The molecule has 4 aromatic heterocycles. The molecule has 0 aliphatic carbocycles. The van der Waals surface area contributed by atoms with Crippen LogP contribution in [0.3, 0.4) is 0 Å². The summed E-state index contributed by atoms with van der Waals surface area (Å²) in [6.07, 6.45) is 7.52. The van der Waals surface area contributed by atoms with E-state index in [0.717, 1.165) is 77.7 Å². The van der Waals surface area contributed by atoms with E-state index in [0.29, 0.717) is 0 Å². The van der Waals surface area contributed by atoms with Crippen LogP contribution in [0.25, 0.3) is 43.6 Å². The Balaban J connectivity index is 1.15. The van der Waals surface area contributed by atoms with Crippen molar-refractivity contribution in [2.75, 3.05) is 9.80 Å². The van der Waals surface area contributed by atoms with Crippen LogP contribution < -0.4 is 9.80 Å². The van der Waals surface area contributed by atoms with Crippen molar-refractivity contribution in [2.24, 2.45) is 0 Å². The van der Waals surface area contributed by atoms with Crippen LogP contribution in [0, 0.1) is 0 Å². The molecular formula is C42H28N6.